The van der Waals surface area contributed by atoms with Gasteiger partial charge in [0.2, 0.25) is 5.91 Å². The Kier molecular flexibility index (Phi) is 11.3. The Labute approximate surface area is 297 Å². The van der Waals surface area contributed by atoms with Crippen LogP contribution in [0.25, 0.3) is 0 Å². The Morgan fingerprint density at radius 3 is 2.39 bits per heavy atom. The highest BCUT2D eigenvalue weighted by Crippen LogP contribution is 2.57. The smallest absolute Gasteiger partial charge is 0.410 e. The molecule has 15 heteroatoms. The van der Waals surface area contributed by atoms with E-state index in [2.05, 4.69) is 15.2 Å². The molecule has 1 aliphatic carbocycles. The van der Waals surface area contributed by atoms with E-state index in [1.165, 1.54) is 29.2 Å². The van der Waals surface area contributed by atoms with Crippen molar-refractivity contribution in [3.8, 4) is 0 Å². The van der Waals surface area contributed by atoms with Crippen LogP contribution in [0.1, 0.15) is 62.5 Å². The van der Waals surface area contributed by atoms with E-state index in [1.807, 2.05) is 36.4 Å². The molecular formula is C34H41Cl2N5O7S. The van der Waals surface area contributed by atoms with Gasteiger partial charge < -0.3 is 27.8 Å². The monoisotopic (exact) mass is 733 g/mol. The molecule has 0 radical (unpaired) electrons. The third kappa shape index (κ3) is 8.39. The van der Waals surface area contributed by atoms with Crippen LogP contribution in [-0.2, 0) is 42.4 Å². The van der Waals surface area contributed by atoms with Crippen molar-refractivity contribution in [2.24, 2.45) is 11.3 Å². The molecule has 0 aromatic heterocycles. The number of ketones is 1. The maximum absolute atomic E-state index is 14.1. The third-order valence-corrected chi connectivity index (χ3v) is 11.0. The highest BCUT2D eigenvalue weighted by atomic mass is 35.5. The highest BCUT2D eigenvalue weighted by molar-refractivity contribution is 7.91. The van der Waals surface area contributed by atoms with Crippen LogP contribution in [-0.4, -0.2) is 66.6 Å². The maximum Gasteiger partial charge on any atom is 0.410 e. The van der Waals surface area contributed by atoms with Crippen molar-refractivity contribution in [2.75, 3.05) is 11.3 Å². The topological polar surface area (TPSA) is 170 Å². The summed E-state index contributed by atoms with van der Waals surface area (Å²) in [5.74, 6) is -1.83. The zero-order chi connectivity index (χ0) is 34.1. The quantitative estimate of drug-likeness (QED) is 0.372. The first-order valence-electron chi connectivity index (χ1n) is 16.4. The van der Waals surface area contributed by atoms with Crippen LogP contribution in [0.15, 0.2) is 60.7 Å². The second-order valence-electron chi connectivity index (χ2n) is 13.3. The van der Waals surface area contributed by atoms with Crippen molar-refractivity contribution in [2.45, 2.75) is 82.6 Å². The number of nitrogens with zero attached hydrogens (tertiary/aromatic N) is 2. The molecule has 264 valence electrons. The number of carbonyl (C=O) groups is 4. The molecular weight excluding hydrogens is 693 g/mol. The van der Waals surface area contributed by atoms with Crippen molar-refractivity contribution >= 4 is 51.2 Å². The van der Waals surface area contributed by atoms with Crippen LogP contribution < -0.4 is 27.6 Å². The van der Waals surface area contributed by atoms with Crippen LogP contribution >= 0.6 is 11.6 Å². The summed E-state index contributed by atoms with van der Waals surface area (Å²) >= 11 is 5.91. The number of anilines is 1. The lowest BCUT2D eigenvalue weighted by atomic mass is 9.91. The highest BCUT2D eigenvalue weighted by Gasteiger charge is 2.61. The number of hydrogen-bond donors (Lipinski definition) is 3. The summed E-state index contributed by atoms with van der Waals surface area (Å²) < 4.78 is 36.3. The molecule has 0 bridgehead atoms. The first-order valence-corrected chi connectivity index (χ1v) is 18.3. The summed E-state index contributed by atoms with van der Waals surface area (Å²) in [5, 5.41) is 0.422. The van der Waals surface area contributed by atoms with E-state index >= 15 is 0 Å². The predicted octanol–water partition coefficient (Wildman–Crippen LogP) is 0.335. The van der Waals surface area contributed by atoms with Gasteiger partial charge in [-0.3, -0.25) is 24.0 Å². The molecule has 6 rings (SSSR count). The number of benzene rings is 2. The van der Waals surface area contributed by atoms with E-state index in [-0.39, 0.29) is 61.5 Å². The van der Waals surface area contributed by atoms with Gasteiger partial charge in [-0.2, -0.15) is 8.42 Å². The van der Waals surface area contributed by atoms with Gasteiger partial charge in [-0.05, 0) is 67.0 Å². The van der Waals surface area contributed by atoms with Crippen molar-refractivity contribution in [1.82, 2.24) is 14.5 Å². The van der Waals surface area contributed by atoms with Crippen LogP contribution in [0.5, 0.6) is 0 Å². The number of ether oxygens (including phenoxy) is 1. The minimum Gasteiger partial charge on any atom is -1.00 e. The van der Waals surface area contributed by atoms with Crippen molar-refractivity contribution in [1.29, 1.82) is 0 Å². The third-order valence-electron chi connectivity index (χ3n) is 9.82. The second kappa shape index (κ2) is 15.1. The first kappa shape index (κ1) is 36.6. The standard InChI is InChI=1S/C34H40ClN5O7S.ClH/c35-25-12-14-26(15-13-25)37-48(45,46)38-32(43)34-17-24(34)10-4-2-1-3-5-11-28(36)31(42)40-21-27(16-29(40)30(41)18-34)47-33(44)39-19-22-8-6-7-9-23(22)20-39;/h4,6-10,12-15,24,27-29,37H,1-3,5,11,16-21,36H2,(H,38,43);1H/b10-4-;/t24-,27-,28+,29+,34-;/m1./s1. The van der Waals surface area contributed by atoms with Crippen LogP contribution in [0.4, 0.5) is 10.5 Å². The van der Waals surface area contributed by atoms with Gasteiger partial charge in [0.1, 0.15) is 6.10 Å². The summed E-state index contributed by atoms with van der Waals surface area (Å²) in [6.07, 6.45) is 6.59. The number of nitrogens with one attached hydrogen (secondary N) is 2. The van der Waals surface area contributed by atoms with Gasteiger partial charge in [-0.25, -0.2) is 9.52 Å². The number of Topliss-reactive ketones (excluding diaryl/α,β-unsaturated/α-hetero) is 1. The number of rotatable bonds is 5. The van der Waals surface area contributed by atoms with Gasteiger partial charge in [-0.1, -0.05) is 54.4 Å². The fourth-order valence-electron chi connectivity index (χ4n) is 7.04. The minimum atomic E-state index is -4.34. The van der Waals surface area contributed by atoms with Crippen molar-refractivity contribution in [3.63, 3.8) is 0 Å². The SMILES string of the molecule is [Cl-].[NH3+][C@H]1CCCCC/C=C\[C@@H]2C[C@@]2(C(=O)NS(=O)(=O)Nc2ccc(Cl)cc2)CC(=O)[C@@H]2C[C@@H](OC(=O)N3Cc4ccccc4C3)CN2C1=O. The lowest BCUT2D eigenvalue weighted by Crippen LogP contribution is -3.00. The van der Waals surface area contributed by atoms with Gasteiger partial charge in [0.25, 0.3) is 5.91 Å². The number of quaternary nitrogens is 1. The lowest BCUT2D eigenvalue weighted by molar-refractivity contribution is -0.407. The number of allylic oxidation sites excluding steroid dienone is 2. The van der Waals surface area contributed by atoms with Crippen molar-refractivity contribution < 1.29 is 50.5 Å². The lowest BCUT2D eigenvalue weighted by Gasteiger charge is -2.26. The second-order valence-corrected chi connectivity index (χ2v) is 15.1. The van der Waals surface area contributed by atoms with Gasteiger partial charge >= 0.3 is 16.3 Å². The van der Waals surface area contributed by atoms with E-state index in [1.54, 1.807) is 4.90 Å². The number of fused-ring (bicyclic) bond motifs is 3. The van der Waals surface area contributed by atoms with E-state index in [4.69, 9.17) is 16.3 Å². The van der Waals surface area contributed by atoms with Gasteiger partial charge in [0.05, 0.1) is 23.7 Å². The molecule has 12 nitrogen and oxygen atoms in total. The molecule has 49 heavy (non-hydrogen) atoms. The molecule has 2 aromatic carbocycles. The molecule has 2 fully saturated rings. The summed E-state index contributed by atoms with van der Waals surface area (Å²) in [7, 11) is -4.34. The largest absolute Gasteiger partial charge is 1.00 e. The van der Waals surface area contributed by atoms with E-state index in [0.29, 0.717) is 24.5 Å². The average molecular weight is 735 g/mol. The maximum atomic E-state index is 14.1. The van der Waals surface area contributed by atoms with Crippen LogP contribution in [0.2, 0.25) is 5.02 Å². The van der Waals surface area contributed by atoms with Gasteiger partial charge in [0.15, 0.2) is 11.8 Å². The minimum absolute atomic E-state index is 0. The fraction of sp³-hybridized carbons (Fsp3) is 0.471. The summed E-state index contributed by atoms with van der Waals surface area (Å²) in [6, 6.07) is 12.2. The number of amides is 3. The molecule has 5 atom stereocenters. The zero-order valence-corrected chi connectivity index (χ0v) is 29.3. The molecule has 4 aliphatic rings. The molecule has 3 aliphatic heterocycles. The average Bonchev–Trinajstić information content (AvgIpc) is 3.35. The van der Waals surface area contributed by atoms with Gasteiger partial charge in [0, 0.05) is 37.4 Å². The zero-order valence-electron chi connectivity index (χ0n) is 27.0. The normalized spacial score (nSPS) is 27.7. The van der Waals surface area contributed by atoms with E-state index < -0.39 is 45.8 Å². The Balaban J connectivity index is 0.00000468. The predicted molar refractivity (Wildman–Crippen MR) is 177 cm³/mol. The molecule has 3 heterocycles. The summed E-state index contributed by atoms with van der Waals surface area (Å²) in [5.41, 5.74) is 5.08. The van der Waals surface area contributed by atoms with Gasteiger partial charge in [-0.15, -0.1) is 0 Å². The van der Waals surface area contributed by atoms with Crippen molar-refractivity contribution in [3.05, 3.63) is 76.8 Å². The molecule has 5 N–H and O–H groups in total. The molecule has 1 saturated carbocycles. The number of carbonyl (C=O) groups excluding carboxylic acids is 4. The van der Waals surface area contributed by atoms with E-state index in [0.717, 1.165) is 36.8 Å². The van der Waals surface area contributed by atoms with Crippen LogP contribution in [0, 0.1) is 11.3 Å². The molecule has 2 aromatic rings. The Morgan fingerprint density at radius 2 is 1.69 bits per heavy atom. The molecule has 3 amide bonds. The summed E-state index contributed by atoms with van der Waals surface area (Å²) in [6.45, 7) is 0.863. The number of halogens is 2. The Hall–Kier alpha value is -3.65. The van der Waals surface area contributed by atoms with Crippen LogP contribution in [0.3, 0.4) is 0 Å². The molecule has 1 saturated heterocycles. The first-order chi connectivity index (χ1) is 22.9. The Morgan fingerprint density at radius 1 is 1.00 bits per heavy atom. The summed E-state index contributed by atoms with van der Waals surface area (Å²) in [4.78, 5) is 57.8. The number of hydrogen-bond acceptors (Lipinski definition) is 7. The molecule has 0 unspecified atom stereocenters. The molecule has 0 spiro atoms. The fourth-order valence-corrected chi connectivity index (χ4v) is 8.11. The van der Waals surface area contributed by atoms with E-state index in [9.17, 15) is 27.6 Å². The Bertz CT molecular complexity index is 1700.